The Hall–Kier alpha value is -3.10. The molecular formula is C15H17N3O6. The molecule has 0 unspecified atom stereocenters. The number of ether oxygens (including phenoxy) is 2. The largest absolute Gasteiger partial charge is 0.493 e. The summed E-state index contributed by atoms with van der Waals surface area (Å²) in [5, 5.41) is 16.1. The first-order valence-electron chi connectivity index (χ1n) is 7.16. The highest BCUT2D eigenvalue weighted by Gasteiger charge is 2.34. The summed E-state index contributed by atoms with van der Waals surface area (Å²) in [5.41, 5.74) is 0.590. The van der Waals surface area contributed by atoms with Gasteiger partial charge in [0, 0.05) is 23.4 Å². The van der Waals surface area contributed by atoms with Gasteiger partial charge in [0.1, 0.15) is 5.75 Å². The van der Waals surface area contributed by atoms with E-state index in [0.29, 0.717) is 23.6 Å². The first kappa shape index (κ1) is 17.3. The van der Waals surface area contributed by atoms with Crippen molar-refractivity contribution >= 4 is 17.7 Å². The Bertz CT molecular complexity index is 728. The van der Waals surface area contributed by atoms with Crippen LogP contribution in [-0.2, 0) is 9.53 Å². The molecule has 2 N–H and O–H groups in total. The van der Waals surface area contributed by atoms with Crippen LogP contribution in [0.2, 0.25) is 0 Å². The summed E-state index contributed by atoms with van der Waals surface area (Å²) in [6, 6.07) is 2.56. The van der Waals surface area contributed by atoms with Crippen LogP contribution in [-0.4, -0.2) is 30.6 Å². The second kappa shape index (κ2) is 6.99. The number of nitro benzene ring substituents is 1. The molecule has 1 atom stereocenters. The number of esters is 1. The quantitative estimate of drug-likeness (QED) is 0.481. The summed E-state index contributed by atoms with van der Waals surface area (Å²) < 4.78 is 10.2. The number of hydrogen-bond donors (Lipinski definition) is 2. The first-order valence-corrected chi connectivity index (χ1v) is 7.16. The molecule has 9 nitrogen and oxygen atoms in total. The zero-order valence-electron chi connectivity index (χ0n) is 13.4. The van der Waals surface area contributed by atoms with Gasteiger partial charge in [0.25, 0.3) is 5.69 Å². The molecule has 128 valence electrons. The Balaban J connectivity index is 2.63. The maximum Gasteiger partial charge on any atom is 0.337 e. The lowest BCUT2D eigenvalue weighted by Crippen LogP contribution is -2.45. The molecule has 0 aromatic heterocycles. The zero-order valence-corrected chi connectivity index (χ0v) is 13.4. The van der Waals surface area contributed by atoms with E-state index < -0.39 is 23.0 Å². The molecule has 1 aliphatic heterocycles. The number of hydrogen-bond acceptors (Lipinski definition) is 6. The van der Waals surface area contributed by atoms with Gasteiger partial charge in [-0.25, -0.2) is 9.59 Å². The minimum atomic E-state index is -0.923. The van der Waals surface area contributed by atoms with Gasteiger partial charge in [0.15, 0.2) is 0 Å². The highest BCUT2D eigenvalue weighted by molar-refractivity contribution is 5.95. The van der Waals surface area contributed by atoms with Crippen molar-refractivity contribution in [2.45, 2.75) is 19.9 Å². The Kier molecular flexibility index (Phi) is 5.02. The molecule has 1 heterocycles. The maximum absolute atomic E-state index is 12.1. The van der Waals surface area contributed by atoms with Crippen LogP contribution in [0, 0.1) is 10.1 Å². The molecule has 1 aromatic carbocycles. The van der Waals surface area contributed by atoms with Crippen molar-refractivity contribution < 1.29 is 24.0 Å². The van der Waals surface area contributed by atoms with Crippen molar-refractivity contribution in [2.75, 3.05) is 13.7 Å². The molecule has 1 aromatic rings. The van der Waals surface area contributed by atoms with E-state index >= 15 is 0 Å². The zero-order chi connectivity index (χ0) is 17.9. The number of nitro groups is 1. The second-order valence-corrected chi connectivity index (χ2v) is 4.97. The van der Waals surface area contributed by atoms with Crippen LogP contribution in [0.5, 0.6) is 5.75 Å². The molecule has 2 rings (SSSR count). The van der Waals surface area contributed by atoms with E-state index in [2.05, 4.69) is 10.6 Å². The van der Waals surface area contributed by atoms with Crippen LogP contribution >= 0.6 is 0 Å². The lowest BCUT2D eigenvalue weighted by molar-refractivity contribution is -0.385. The summed E-state index contributed by atoms with van der Waals surface area (Å²) >= 11 is 0. The van der Waals surface area contributed by atoms with Crippen molar-refractivity contribution in [2.24, 2.45) is 0 Å². The third-order valence-corrected chi connectivity index (χ3v) is 3.49. The Morgan fingerprint density at radius 3 is 2.71 bits per heavy atom. The second-order valence-electron chi connectivity index (χ2n) is 4.97. The van der Waals surface area contributed by atoms with Gasteiger partial charge < -0.3 is 20.1 Å². The Morgan fingerprint density at radius 1 is 1.42 bits per heavy atom. The maximum atomic E-state index is 12.1. The molecule has 0 fully saturated rings. The van der Waals surface area contributed by atoms with Gasteiger partial charge in [0.05, 0.1) is 30.3 Å². The minimum absolute atomic E-state index is 0.151. The van der Waals surface area contributed by atoms with E-state index in [1.807, 2.05) is 0 Å². The van der Waals surface area contributed by atoms with Gasteiger partial charge in [-0.15, -0.1) is 0 Å². The minimum Gasteiger partial charge on any atom is -0.493 e. The van der Waals surface area contributed by atoms with E-state index in [9.17, 15) is 19.7 Å². The fourth-order valence-corrected chi connectivity index (χ4v) is 2.47. The molecule has 0 radical (unpaired) electrons. The van der Waals surface area contributed by atoms with E-state index in [1.165, 1.54) is 25.3 Å². The van der Waals surface area contributed by atoms with Crippen molar-refractivity contribution in [1.82, 2.24) is 10.6 Å². The van der Waals surface area contributed by atoms with Crippen molar-refractivity contribution in [3.63, 3.8) is 0 Å². The van der Waals surface area contributed by atoms with Gasteiger partial charge >= 0.3 is 12.0 Å². The molecule has 0 spiro atoms. The van der Waals surface area contributed by atoms with Crippen LogP contribution in [0.1, 0.15) is 25.5 Å². The number of urea groups is 1. The third-order valence-electron chi connectivity index (χ3n) is 3.49. The average molecular weight is 335 g/mol. The van der Waals surface area contributed by atoms with Gasteiger partial charge in [-0.05, 0) is 19.9 Å². The Morgan fingerprint density at radius 2 is 2.12 bits per heavy atom. The number of methoxy groups -OCH3 is 1. The molecule has 24 heavy (non-hydrogen) atoms. The van der Waals surface area contributed by atoms with Crippen LogP contribution < -0.4 is 15.4 Å². The molecule has 0 aliphatic carbocycles. The number of nitrogens with one attached hydrogen (secondary N) is 2. The van der Waals surface area contributed by atoms with Crippen LogP contribution in [0.4, 0.5) is 10.5 Å². The van der Waals surface area contributed by atoms with Gasteiger partial charge in [-0.1, -0.05) is 0 Å². The molecule has 0 saturated heterocycles. The van der Waals surface area contributed by atoms with Gasteiger partial charge in [-0.2, -0.15) is 0 Å². The molecule has 9 heteroatoms. The highest BCUT2D eigenvalue weighted by atomic mass is 16.6. The smallest absolute Gasteiger partial charge is 0.337 e. The first-order chi connectivity index (χ1) is 11.4. The third kappa shape index (κ3) is 3.29. The summed E-state index contributed by atoms with van der Waals surface area (Å²) in [5.74, 6) is -0.316. The van der Waals surface area contributed by atoms with E-state index in [-0.39, 0.29) is 11.3 Å². The van der Waals surface area contributed by atoms with Gasteiger partial charge in [-0.3, -0.25) is 10.1 Å². The predicted octanol–water partition coefficient (Wildman–Crippen LogP) is 1.79. The SMILES string of the molecule is CCOc1ccc([N+](=O)[O-])cc1[C@H]1NC(=O)NC(C)=C1C(=O)OC. The predicted molar refractivity (Wildman–Crippen MR) is 83.4 cm³/mol. The monoisotopic (exact) mass is 335 g/mol. The summed E-state index contributed by atoms with van der Waals surface area (Å²) in [6.07, 6.45) is 0. The number of benzene rings is 1. The standard InChI is InChI=1S/C15H17N3O6/c1-4-24-11-6-5-9(18(21)22)7-10(11)13-12(14(19)23-3)8(2)16-15(20)17-13/h5-7,13H,4H2,1-3H3,(H2,16,17,20)/t13-/m1/s1. The summed E-state index contributed by atoms with van der Waals surface area (Å²) in [6.45, 7) is 3.63. The average Bonchev–Trinajstić information content (AvgIpc) is 2.54. The molecule has 1 aliphatic rings. The van der Waals surface area contributed by atoms with Crippen molar-refractivity contribution in [3.8, 4) is 5.75 Å². The number of rotatable bonds is 5. The number of non-ortho nitro benzene ring substituents is 1. The van der Waals surface area contributed by atoms with Crippen molar-refractivity contribution in [3.05, 3.63) is 45.1 Å². The molecular weight excluding hydrogens is 318 g/mol. The highest BCUT2D eigenvalue weighted by Crippen LogP contribution is 2.35. The topological polar surface area (TPSA) is 120 Å². The van der Waals surface area contributed by atoms with E-state index in [1.54, 1.807) is 13.8 Å². The fraction of sp³-hybridized carbons (Fsp3) is 0.333. The Labute approximate surface area is 137 Å². The van der Waals surface area contributed by atoms with Gasteiger partial charge in [0.2, 0.25) is 0 Å². The van der Waals surface area contributed by atoms with E-state index in [0.717, 1.165) is 0 Å². The van der Waals surface area contributed by atoms with Crippen molar-refractivity contribution in [1.29, 1.82) is 0 Å². The normalized spacial score (nSPS) is 17.0. The lowest BCUT2D eigenvalue weighted by Gasteiger charge is -2.28. The van der Waals surface area contributed by atoms with E-state index in [4.69, 9.17) is 9.47 Å². The number of allylic oxidation sites excluding steroid dienone is 1. The van der Waals surface area contributed by atoms with Crippen LogP contribution in [0.3, 0.4) is 0 Å². The number of carbonyl (C=O) groups excluding carboxylic acids is 2. The molecule has 0 saturated carbocycles. The number of amides is 2. The summed E-state index contributed by atoms with van der Waals surface area (Å²) in [4.78, 5) is 34.4. The lowest BCUT2D eigenvalue weighted by atomic mass is 9.94. The molecule has 0 bridgehead atoms. The fourth-order valence-electron chi connectivity index (χ4n) is 2.47. The molecule has 2 amide bonds. The summed E-state index contributed by atoms with van der Waals surface area (Å²) in [7, 11) is 1.22. The van der Waals surface area contributed by atoms with Crippen LogP contribution in [0.25, 0.3) is 0 Å². The number of nitrogens with zero attached hydrogens (tertiary/aromatic N) is 1. The van der Waals surface area contributed by atoms with Crippen LogP contribution in [0.15, 0.2) is 29.5 Å². The number of carbonyl (C=O) groups is 2.